The van der Waals surface area contributed by atoms with Gasteiger partial charge in [0.2, 0.25) is 0 Å². The van der Waals surface area contributed by atoms with E-state index in [1.165, 1.54) is 25.7 Å². The highest BCUT2D eigenvalue weighted by molar-refractivity contribution is 7.92. The number of carboxylic acids is 1. The van der Waals surface area contributed by atoms with Gasteiger partial charge in [-0.3, -0.25) is 14.4 Å². The molecule has 1 aliphatic heterocycles. The van der Waals surface area contributed by atoms with Gasteiger partial charge in [-0.25, -0.2) is 13.4 Å². The number of nitrogens with zero attached hydrogens (tertiary/aromatic N) is 3. The number of furan rings is 1. The number of benzene rings is 1. The smallest absolute Gasteiger partial charge is 0.325 e. The van der Waals surface area contributed by atoms with E-state index in [0.717, 1.165) is 5.56 Å². The van der Waals surface area contributed by atoms with Crippen LogP contribution in [0.3, 0.4) is 0 Å². The van der Waals surface area contributed by atoms with Gasteiger partial charge in [-0.15, -0.1) is 0 Å². The Hall–Kier alpha value is -3.28. The van der Waals surface area contributed by atoms with Crippen molar-refractivity contribution in [1.82, 2.24) is 9.88 Å². The Kier molecular flexibility index (Phi) is 7.63. The third kappa shape index (κ3) is 5.57. The molecule has 10 nitrogen and oxygen atoms in total. The Labute approximate surface area is 233 Å². The molecule has 1 aliphatic rings. The second-order valence-electron chi connectivity index (χ2n) is 10.8. The summed E-state index contributed by atoms with van der Waals surface area (Å²) in [7, 11) is -2.74. The molecular formula is C27H33ClN4O6S. The number of methoxy groups -OCH3 is 1. The Morgan fingerprint density at radius 3 is 2.51 bits per heavy atom. The number of piperazine rings is 1. The number of rotatable bonds is 7. The summed E-state index contributed by atoms with van der Waals surface area (Å²) in [4.78, 5) is 20.8. The van der Waals surface area contributed by atoms with Crippen LogP contribution in [0.15, 0.2) is 58.2 Å². The molecule has 0 aliphatic carbocycles. The van der Waals surface area contributed by atoms with Crippen LogP contribution in [0.1, 0.15) is 34.6 Å². The summed E-state index contributed by atoms with van der Waals surface area (Å²) in [5, 5.41) is 10.2. The highest BCUT2D eigenvalue weighted by Gasteiger charge is 2.51. The lowest BCUT2D eigenvalue weighted by atomic mass is 9.87. The first-order valence-electron chi connectivity index (χ1n) is 12.3. The van der Waals surface area contributed by atoms with Crippen LogP contribution in [0.25, 0.3) is 11.1 Å². The Balaban J connectivity index is 1.67. The summed E-state index contributed by atoms with van der Waals surface area (Å²) in [5.41, 5.74) is -0.130. The van der Waals surface area contributed by atoms with Crippen molar-refractivity contribution in [3.8, 4) is 16.9 Å². The molecule has 3 aromatic rings. The SMILES string of the molecule is COc1ccc(N2C[C@H](C)N(C(C)(C)C)[C@@](C)(C(=O)O)C2)nc1NS(=O)(=O)c1ccc(-c2ccoc2)cc1Cl. The molecule has 210 valence electrons. The maximum absolute atomic E-state index is 13.4. The van der Waals surface area contributed by atoms with Gasteiger partial charge >= 0.3 is 5.97 Å². The fraction of sp³-hybridized carbons (Fsp3) is 0.407. The molecule has 0 bridgehead atoms. The zero-order chi connectivity index (χ0) is 28.8. The lowest BCUT2D eigenvalue weighted by molar-refractivity contribution is -0.158. The number of nitrogens with one attached hydrogen (secondary N) is 1. The van der Waals surface area contributed by atoms with E-state index in [4.69, 9.17) is 20.8 Å². The molecular weight excluding hydrogens is 544 g/mol. The molecule has 0 amide bonds. The summed E-state index contributed by atoms with van der Waals surface area (Å²) < 4.78 is 39.7. The van der Waals surface area contributed by atoms with E-state index >= 15 is 0 Å². The summed E-state index contributed by atoms with van der Waals surface area (Å²) in [6.45, 7) is 10.3. The van der Waals surface area contributed by atoms with E-state index in [2.05, 4.69) is 9.71 Å². The van der Waals surface area contributed by atoms with Gasteiger partial charge in [0.1, 0.15) is 16.3 Å². The summed E-state index contributed by atoms with van der Waals surface area (Å²) in [6.07, 6.45) is 3.05. The van der Waals surface area contributed by atoms with E-state index in [1.807, 2.05) is 37.5 Å². The minimum absolute atomic E-state index is 0.0284. The molecule has 2 aromatic heterocycles. The number of sulfonamides is 1. The van der Waals surface area contributed by atoms with Crippen LogP contribution in [-0.4, -0.2) is 66.7 Å². The van der Waals surface area contributed by atoms with Crippen LogP contribution in [0, 0.1) is 0 Å². The summed E-state index contributed by atoms with van der Waals surface area (Å²) in [5.74, 6) is -0.358. The molecule has 3 heterocycles. The largest absolute Gasteiger partial charge is 0.493 e. The first-order chi connectivity index (χ1) is 18.2. The maximum Gasteiger partial charge on any atom is 0.325 e. The van der Waals surface area contributed by atoms with Crippen LogP contribution in [-0.2, 0) is 14.8 Å². The Morgan fingerprint density at radius 2 is 1.95 bits per heavy atom. The zero-order valence-electron chi connectivity index (χ0n) is 22.7. The van der Waals surface area contributed by atoms with E-state index in [9.17, 15) is 18.3 Å². The maximum atomic E-state index is 13.4. The normalized spacial score (nSPS) is 20.6. The molecule has 1 fully saturated rings. The minimum atomic E-state index is -4.15. The number of aromatic nitrogens is 1. The van der Waals surface area contributed by atoms with Crippen molar-refractivity contribution in [3.63, 3.8) is 0 Å². The number of carboxylic acid groups (broad SMARTS) is 1. The molecule has 39 heavy (non-hydrogen) atoms. The first-order valence-corrected chi connectivity index (χ1v) is 14.2. The van der Waals surface area contributed by atoms with E-state index in [1.54, 1.807) is 37.3 Å². The van der Waals surface area contributed by atoms with Crippen molar-refractivity contribution in [1.29, 1.82) is 0 Å². The van der Waals surface area contributed by atoms with Crippen molar-refractivity contribution < 1.29 is 27.5 Å². The molecule has 0 unspecified atom stereocenters. The average molecular weight is 577 g/mol. The summed E-state index contributed by atoms with van der Waals surface area (Å²) in [6, 6.07) is 9.50. The highest BCUT2D eigenvalue weighted by Crippen LogP contribution is 2.37. The second-order valence-corrected chi connectivity index (χ2v) is 12.9. The van der Waals surface area contributed by atoms with Crippen molar-refractivity contribution >= 4 is 39.2 Å². The molecule has 0 radical (unpaired) electrons. The van der Waals surface area contributed by atoms with Gasteiger partial charge in [-0.05, 0) is 70.5 Å². The molecule has 2 atom stereocenters. The van der Waals surface area contributed by atoms with Crippen LogP contribution in [0.5, 0.6) is 5.75 Å². The van der Waals surface area contributed by atoms with Gasteiger partial charge < -0.3 is 19.2 Å². The summed E-state index contributed by atoms with van der Waals surface area (Å²) >= 11 is 6.38. The number of hydrogen-bond acceptors (Lipinski definition) is 8. The average Bonchev–Trinajstić information content (AvgIpc) is 3.37. The van der Waals surface area contributed by atoms with Gasteiger partial charge in [-0.2, -0.15) is 0 Å². The number of anilines is 2. The fourth-order valence-electron chi connectivity index (χ4n) is 5.51. The molecule has 4 rings (SSSR count). The van der Waals surface area contributed by atoms with Crippen molar-refractivity contribution in [2.75, 3.05) is 29.8 Å². The topological polar surface area (TPSA) is 125 Å². The number of aliphatic carboxylic acids is 1. The third-order valence-corrected chi connectivity index (χ3v) is 8.66. The van der Waals surface area contributed by atoms with Gasteiger partial charge in [0.15, 0.2) is 11.6 Å². The van der Waals surface area contributed by atoms with E-state index in [0.29, 0.717) is 17.9 Å². The van der Waals surface area contributed by atoms with Gasteiger partial charge in [0.05, 0.1) is 24.7 Å². The van der Waals surface area contributed by atoms with Crippen LogP contribution in [0.4, 0.5) is 11.6 Å². The predicted molar refractivity (Wildman–Crippen MR) is 150 cm³/mol. The molecule has 2 N–H and O–H groups in total. The molecule has 0 saturated carbocycles. The van der Waals surface area contributed by atoms with E-state index < -0.39 is 21.5 Å². The highest BCUT2D eigenvalue weighted by atomic mass is 35.5. The van der Waals surface area contributed by atoms with Crippen molar-refractivity contribution in [3.05, 3.63) is 53.9 Å². The second kappa shape index (κ2) is 10.4. The third-order valence-electron chi connectivity index (χ3n) is 6.83. The van der Waals surface area contributed by atoms with E-state index in [-0.39, 0.29) is 39.6 Å². The number of pyridine rings is 1. The predicted octanol–water partition coefficient (Wildman–Crippen LogP) is 4.96. The fourth-order valence-corrected chi connectivity index (χ4v) is 7.06. The molecule has 1 aromatic carbocycles. The van der Waals surface area contributed by atoms with Crippen LogP contribution < -0.4 is 14.4 Å². The Morgan fingerprint density at radius 1 is 1.23 bits per heavy atom. The zero-order valence-corrected chi connectivity index (χ0v) is 24.3. The molecule has 12 heteroatoms. The van der Waals surface area contributed by atoms with Gasteiger partial charge in [-0.1, -0.05) is 17.7 Å². The number of hydrogen-bond donors (Lipinski definition) is 2. The monoisotopic (exact) mass is 576 g/mol. The van der Waals surface area contributed by atoms with Crippen LogP contribution in [0.2, 0.25) is 5.02 Å². The molecule has 0 spiro atoms. The number of halogens is 1. The standard InChI is InChI=1S/C27H33ClN4O6S/c1-17-14-31(16-27(5,25(33)34)32(17)26(2,3)4)23-10-8-21(37-6)24(29-23)30-39(35,36)22-9-7-18(13-20(22)28)19-11-12-38-15-19/h7-13,15,17H,14,16H2,1-6H3,(H,29,30)(H,33,34)/t17-,27+/m0/s1. The van der Waals surface area contributed by atoms with Crippen molar-refractivity contribution in [2.45, 2.75) is 56.6 Å². The van der Waals surface area contributed by atoms with Gasteiger partial charge in [0, 0.05) is 30.2 Å². The number of ether oxygens (including phenoxy) is 1. The lowest BCUT2D eigenvalue weighted by Crippen LogP contribution is -2.72. The minimum Gasteiger partial charge on any atom is -0.493 e. The quantitative estimate of drug-likeness (QED) is 0.401. The lowest BCUT2D eigenvalue weighted by Gasteiger charge is -2.55. The van der Waals surface area contributed by atoms with Gasteiger partial charge in [0.25, 0.3) is 10.0 Å². The van der Waals surface area contributed by atoms with Crippen molar-refractivity contribution in [2.24, 2.45) is 0 Å². The Bertz CT molecular complexity index is 1470. The number of carbonyl (C=O) groups is 1. The first kappa shape index (κ1) is 28.7. The molecule has 1 saturated heterocycles. The van der Waals surface area contributed by atoms with Crippen LogP contribution >= 0.6 is 11.6 Å².